The first-order valence-corrected chi connectivity index (χ1v) is 6.45. The fourth-order valence-corrected chi connectivity index (χ4v) is 3.31. The third kappa shape index (κ3) is 1.27. The van der Waals surface area contributed by atoms with Crippen molar-refractivity contribution in [1.82, 2.24) is 0 Å². The normalized spacial score (nSPS) is 30.9. The number of hydrogen-bond donors (Lipinski definition) is 1. The van der Waals surface area contributed by atoms with Gasteiger partial charge in [-0.1, -0.05) is 32.0 Å². The fraction of sp³-hybridized carbons (Fsp3) is 0.600. The molecule has 0 saturated heterocycles. The summed E-state index contributed by atoms with van der Waals surface area (Å²) in [5.74, 6) is 0. The second-order valence-corrected chi connectivity index (χ2v) is 6.18. The van der Waals surface area contributed by atoms with Crippen LogP contribution in [0.3, 0.4) is 0 Å². The van der Waals surface area contributed by atoms with Gasteiger partial charge in [-0.25, -0.2) is 0 Å². The van der Waals surface area contributed by atoms with Gasteiger partial charge < -0.3 is 5.73 Å². The summed E-state index contributed by atoms with van der Waals surface area (Å²) < 4.78 is 0. The highest BCUT2D eigenvalue weighted by Gasteiger charge is 2.60. The van der Waals surface area contributed by atoms with Crippen LogP contribution in [0.25, 0.3) is 0 Å². The number of fused-ring (bicyclic) bond motifs is 1. The number of nitrogens with two attached hydrogens (primary N) is 1. The Hall–Kier alpha value is -0.820. The standard InChI is InChI=1S/C15H21N/c1-14(2)10-15(14,16)13-9-5-7-11-6-3-4-8-12(11)13/h5,7,9H,3-4,6,8,10,16H2,1-2H3. The highest BCUT2D eigenvalue weighted by atomic mass is 14.9. The molecule has 0 aromatic heterocycles. The molecular formula is C15H21N. The molecule has 0 amide bonds. The molecule has 1 heteroatoms. The van der Waals surface area contributed by atoms with E-state index in [4.69, 9.17) is 5.73 Å². The van der Waals surface area contributed by atoms with E-state index in [0.29, 0.717) is 5.41 Å². The first-order valence-electron chi connectivity index (χ1n) is 6.45. The number of aryl methyl sites for hydroxylation is 1. The van der Waals surface area contributed by atoms with Crippen LogP contribution in [0.4, 0.5) is 0 Å². The zero-order chi connectivity index (χ0) is 11.4. The van der Waals surface area contributed by atoms with Gasteiger partial charge in [-0.2, -0.15) is 0 Å². The maximum Gasteiger partial charge on any atom is 0.0470 e. The van der Waals surface area contributed by atoms with E-state index in [1.807, 2.05) is 0 Å². The van der Waals surface area contributed by atoms with E-state index in [-0.39, 0.29) is 5.54 Å². The van der Waals surface area contributed by atoms with E-state index < -0.39 is 0 Å². The average molecular weight is 215 g/mol. The van der Waals surface area contributed by atoms with Gasteiger partial charge >= 0.3 is 0 Å². The molecule has 1 aromatic rings. The van der Waals surface area contributed by atoms with E-state index in [0.717, 1.165) is 6.42 Å². The molecule has 1 atom stereocenters. The van der Waals surface area contributed by atoms with E-state index >= 15 is 0 Å². The van der Waals surface area contributed by atoms with E-state index in [1.165, 1.54) is 31.2 Å². The number of rotatable bonds is 1. The molecule has 1 nitrogen and oxygen atoms in total. The topological polar surface area (TPSA) is 26.0 Å². The van der Waals surface area contributed by atoms with Crippen molar-refractivity contribution >= 4 is 0 Å². The van der Waals surface area contributed by atoms with Crippen molar-refractivity contribution in [2.24, 2.45) is 11.1 Å². The minimum absolute atomic E-state index is 0.0459. The molecule has 3 rings (SSSR count). The smallest absolute Gasteiger partial charge is 0.0470 e. The van der Waals surface area contributed by atoms with Crippen LogP contribution in [-0.4, -0.2) is 0 Å². The zero-order valence-electron chi connectivity index (χ0n) is 10.3. The highest BCUT2D eigenvalue weighted by molar-refractivity contribution is 5.46. The molecule has 0 spiro atoms. The van der Waals surface area contributed by atoms with Gasteiger partial charge in [0.05, 0.1) is 0 Å². The summed E-state index contributed by atoms with van der Waals surface area (Å²) in [6.07, 6.45) is 6.30. The first-order chi connectivity index (χ1) is 7.55. The molecule has 0 radical (unpaired) electrons. The van der Waals surface area contributed by atoms with Crippen LogP contribution in [-0.2, 0) is 18.4 Å². The summed E-state index contributed by atoms with van der Waals surface area (Å²) in [5.41, 5.74) is 11.4. The molecule has 16 heavy (non-hydrogen) atoms. The predicted octanol–water partition coefficient (Wildman–Crippen LogP) is 3.15. The summed E-state index contributed by atoms with van der Waals surface area (Å²) in [6.45, 7) is 4.57. The van der Waals surface area contributed by atoms with Crippen LogP contribution in [0.1, 0.15) is 49.8 Å². The Kier molecular flexibility index (Phi) is 2.00. The predicted molar refractivity (Wildman–Crippen MR) is 67.3 cm³/mol. The molecule has 0 aliphatic heterocycles. The summed E-state index contributed by atoms with van der Waals surface area (Å²) in [5, 5.41) is 0. The Labute approximate surface area is 98.0 Å². The number of benzene rings is 1. The lowest BCUT2D eigenvalue weighted by Gasteiger charge is -2.24. The SMILES string of the molecule is CC1(C)CC1(N)c1cccc2c1CCCC2. The van der Waals surface area contributed by atoms with Crippen molar-refractivity contribution in [2.45, 2.75) is 51.5 Å². The Morgan fingerprint density at radius 3 is 2.50 bits per heavy atom. The molecule has 2 aliphatic rings. The quantitative estimate of drug-likeness (QED) is 0.765. The van der Waals surface area contributed by atoms with Gasteiger partial charge in [0.25, 0.3) is 0 Å². The average Bonchev–Trinajstić information content (AvgIpc) is 2.78. The molecule has 1 unspecified atom stereocenters. The Morgan fingerprint density at radius 2 is 1.81 bits per heavy atom. The Morgan fingerprint density at radius 1 is 1.12 bits per heavy atom. The molecule has 1 saturated carbocycles. The molecule has 2 aliphatic carbocycles. The van der Waals surface area contributed by atoms with Gasteiger partial charge in [0.2, 0.25) is 0 Å². The fourth-order valence-electron chi connectivity index (χ4n) is 3.31. The van der Waals surface area contributed by atoms with Crippen molar-refractivity contribution < 1.29 is 0 Å². The molecule has 2 N–H and O–H groups in total. The first kappa shape index (κ1) is 10.3. The third-order valence-corrected chi connectivity index (χ3v) is 4.68. The molecule has 1 aromatic carbocycles. The van der Waals surface area contributed by atoms with Crippen LogP contribution in [0.2, 0.25) is 0 Å². The Balaban J connectivity index is 2.09. The van der Waals surface area contributed by atoms with E-state index in [9.17, 15) is 0 Å². The van der Waals surface area contributed by atoms with Crippen LogP contribution < -0.4 is 5.73 Å². The lowest BCUT2D eigenvalue weighted by Crippen LogP contribution is -2.28. The highest BCUT2D eigenvalue weighted by Crippen LogP contribution is 2.61. The van der Waals surface area contributed by atoms with Crippen molar-refractivity contribution in [3.05, 3.63) is 34.9 Å². The summed E-state index contributed by atoms with van der Waals surface area (Å²) >= 11 is 0. The van der Waals surface area contributed by atoms with Crippen molar-refractivity contribution in [2.75, 3.05) is 0 Å². The van der Waals surface area contributed by atoms with Crippen LogP contribution >= 0.6 is 0 Å². The maximum absolute atomic E-state index is 6.57. The van der Waals surface area contributed by atoms with Crippen LogP contribution in [0.15, 0.2) is 18.2 Å². The second kappa shape index (κ2) is 3.10. The summed E-state index contributed by atoms with van der Waals surface area (Å²) in [4.78, 5) is 0. The largest absolute Gasteiger partial charge is 0.321 e. The monoisotopic (exact) mass is 215 g/mol. The van der Waals surface area contributed by atoms with Crippen molar-refractivity contribution in [1.29, 1.82) is 0 Å². The van der Waals surface area contributed by atoms with E-state index in [1.54, 1.807) is 11.1 Å². The lowest BCUT2D eigenvalue weighted by atomic mass is 9.83. The van der Waals surface area contributed by atoms with Gasteiger partial charge in [0, 0.05) is 5.54 Å². The van der Waals surface area contributed by atoms with Crippen molar-refractivity contribution in [3.63, 3.8) is 0 Å². The van der Waals surface area contributed by atoms with Crippen LogP contribution in [0.5, 0.6) is 0 Å². The zero-order valence-corrected chi connectivity index (χ0v) is 10.3. The summed E-state index contributed by atoms with van der Waals surface area (Å²) in [6, 6.07) is 6.75. The molecule has 1 fully saturated rings. The third-order valence-electron chi connectivity index (χ3n) is 4.68. The van der Waals surface area contributed by atoms with Crippen molar-refractivity contribution in [3.8, 4) is 0 Å². The minimum atomic E-state index is -0.0459. The van der Waals surface area contributed by atoms with Gasteiger partial charge in [0.1, 0.15) is 0 Å². The summed E-state index contributed by atoms with van der Waals surface area (Å²) in [7, 11) is 0. The van der Waals surface area contributed by atoms with Crippen LogP contribution in [0, 0.1) is 5.41 Å². The van der Waals surface area contributed by atoms with E-state index in [2.05, 4.69) is 32.0 Å². The molecular weight excluding hydrogens is 194 g/mol. The second-order valence-electron chi connectivity index (χ2n) is 6.18. The Bertz CT molecular complexity index is 433. The minimum Gasteiger partial charge on any atom is -0.321 e. The maximum atomic E-state index is 6.57. The van der Waals surface area contributed by atoms with Gasteiger partial charge in [-0.15, -0.1) is 0 Å². The van der Waals surface area contributed by atoms with Gasteiger partial charge in [-0.3, -0.25) is 0 Å². The van der Waals surface area contributed by atoms with Gasteiger partial charge in [0.15, 0.2) is 0 Å². The number of hydrogen-bond acceptors (Lipinski definition) is 1. The molecule has 86 valence electrons. The lowest BCUT2D eigenvalue weighted by molar-refractivity contribution is 0.503. The molecule has 0 bridgehead atoms. The van der Waals surface area contributed by atoms with Gasteiger partial charge in [-0.05, 0) is 54.2 Å². The molecule has 0 heterocycles.